The lowest BCUT2D eigenvalue weighted by atomic mass is 9.72. The molecule has 144 valence electrons. The lowest BCUT2D eigenvalue weighted by Gasteiger charge is -2.30. The molecular weight excluding hydrogens is 312 g/mol. The van der Waals surface area contributed by atoms with Gasteiger partial charge in [0.1, 0.15) is 11.6 Å². The molecule has 3 nitrogen and oxygen atoms in total. The van der Waals surface area contributed by atoms with Crippen LogP contribution >= 0.6 is 0 Å². The van der Waals surface area contributed by atoms with Gasteiger partial charge in [-0.1, -0.05) is 53.7 Å². The third-order valence-electron chi connectivity index (χ3n) is 6.42. The molecule has 7 atom stereocenters. The molecule has 0 saturated carbocycles. The summed E-state index contributed by atoms with van der Waals surface area (Å²) in [6.07, 6.45) is 6.30. The maximum Gasteiger partial charge on any atom is 0.139 e. The highest BCUT2D eigenvalue weighted by Crippen LogP contribution is 2.50. The van der Waals surface area contributed by atoms with Crippen LogP contribution in [-0.2, 0) is 14.3 Å². The van der Waals surface area contributed by atoms with Crippen LogP contribution in [0.15, 0.2) is 12.2 Å². The number of ketones is 2. The van der Waals surface area contributed by atoms with Crippen molar-refractivity contribution in [3.63, 3.8) is 0 Å². The van der Waals surface area contributed by atoms with E-state index in [1.807, 2.05) is 27.7 Å². The second-order valence-electron chi connectivity index (χ2n) is 8.18. The molecule has 0 aromatic carbocycles. The first-order valence-corrected chi connectivity index (χ1v) is 9.99. The molecule has 3 heteroatoms. The highest BCUT2D eigenvalue weighted by molar-refractivity contribution is 5.85. The maximum absolute atomic E-state index is 13.1. The van der Waals surface area contributed by atoms with Gasteiger partial charge >= 0.3 is 0 Å². The fraction of sp³-hybridized carbons (Fsp3) is 0.818. The minimum absolute atomic E-state index is 0.0121. The highest BCUT2D eigenvalue weighted by atomic mass is 16.6. The molecule has 0 aromatic rings. The summed E-state index contributed by atoms with van der Waals surface area (Å²) >= 11 is 0. The van der Waals surface area contributed by atoms with Gasteiger partial charge in [0, 0.05) is 30.6 Å². The van der Waals surface area contributed by atoms with Crippen LogP contribution in [0.25, 0.3) is 0 Å². The van der Waals surface area contributed by atoms with Crippen molar-refractivity contribution < 1.29 is 14.3 Å². The van der Waals surface area contributed by atoms with E-state index in [0.717, 1.165) is 6.42 Å². The zero-order chi connectivity index (χ0) is 19.4. The number of carbonyl (C=O) groups excluding carboxylic acids is 2. The number of rotatable bonds is 11. The Morgan fingerprint density at radius 2 is 1.76 bits per heavy atom. The number of hydrogen-bond donors (Lipinski definition) is 0. The first kappa shape index (κ1) is 22.1. The second kappa shape index (κ2) is 9.12. The summed E-state index contributed by atoms with van der Waals surface area (Å²) in [4.78, 5) is 24.9. The van der Waals surface area contributed by atoms with Gasteiger partial charge in [-0.15, -0.1) is 0 Å². The fourth-order valence-electron chi connectivity index (χ4n) is 4.14. The van der Waals surface area contributed by atoms with Crippen LogP contribution in [0.3, 0.4) is 0 Å². The summed E-state index contributed by atoms with van der Waals surface area (Å²) in [5, 5.41) is 0. The topological polar surface area (TPSA) is 46.7 Å². The van der Waals surface area contributed by atoms with Gasteiger partial charge in [-0.3, -0.25) is 9.59 Å². The number of carbonyl (C=O) groups is 2. The molecule has 0 radical (unpaired) electrons. The van der Waals surface area contributed by atoms with Crippen molar-refractivity contribution in [3.8, 4) is 0 Å². The zero-order valence-electron chi connectivity index (χ0n) is 17.5. The molecule has 1 heterocycles. The number of ether oxygens (including phenoxy) is 1. The summed E-state index contributed by atoms with van der Waals surface area (Å²) in [6.45, 7) is 16.5. The summed E-state index contributed by atoms with van der Waals surface area (Å²) in [6, 6.07) is 0. The van der Waals surface area contributed by atoms with Crippen molar-refractivity contribution in [2.24, 2.45) is 29.6 Å². The van der Waals surface area contributed by atoms with E-state index in [9.17, 15) is 9.59 Å². The number of epoxide rings is 1. The van der Waals surface area contributed by atoms with E-state index in [1.165, 1.54) is 0 Å². The van der Waals surface area contributed by atoms with E-state index >= 15 is 0 Å². The van der Waals surface area contributed by atoms with Gasteiger partial charge in [-0.25, -0.2) is 0 Å². The van der Waals surface area contributed by atoms with Crippen LogP contribution in [0.1, 0.15) is 74.7 Å². The number of hydrogen-bond acceptors (Lipinski definition) is 3. The smallest absolute Gasteiger partial charge is 0.139 e. The van der Waals surface area contributed by atoms with Crippen molar-refractivity contribution in [3.05, 3.63) is 12.2 Å². The summed E-state index contributed by atoms with van der Waals surface area (Å²) in [5.41, 5.74) is -0.225. The Bertz CT molecular complexity index is 496. The normalized spacial score (nSPS) is 29.0. The van der Waals surface area contributed by atoms with Gasteiger partial charge in [0.15, 0.2) is 0 Å². The first-order valence-electron chi connectivity index (χ1n) is 9.99. The molecule has 0 bridgehead atoms. The monoisotopic (exact) mass is 350 g/mol. The van der Waals surface area contributed by atoms with Crippen molar-refractivity contribution in [2.45, 2.75) is 86.4 Å². The van der Waals surface area contributed by atoms with Crippen molar-refractivity contribution in [1.82, 2.24) is 0 Å². The Balaban J connectivity index is 2.80. The fourth-order valence-corrected chi connectivity index (χ4v) is 4.14. The molecule has 0 amide bonds. The van der Waals surface area contributed by atoms with Crippen LogP contribution in [0, 0.1) is 29.6 Å². The van der Waals surface area contributed by atoms with Gasteiger partial charge in [-0.2, -0.15) is 0 Å². The van der Waals surface area contributed by atoms with Crippen LogP contribution in [0.4, 0.5) is 0 Å². The predicted octanol–water partition coefficient (Wildman–Crippen LogP) is 5.23. The quantitative estimate of drug-likeness (QED) is 0.379. The molecule has 1 aliphatic rings. The average Bonchev–Trinajstić information content (AvgIpc) is 3.28. The second-order valence-corrected chi connectivity index (χ2v) is 8.18. The SMILES string of the molecule is CC=CC(C)C1OC1(C)C(C)C(CC)C(=O)C(C)C(C)CC(=O)CC. The lowest BCUT2D eigenvalue weighted by molar-refractivity contribution is -0.131. The van der Waals surface area contributed by atoms with E-state index in [4.69, 9.17) is 4.74 Å². The van der Waals surface area contributed by atoms with Gasteiger partial charge in [0.05, 0.1) is 11.7 Å². The summed E-state index contributed by atoms with van der Waals surface area (Å²) in [5.74, 6) is 1.08. The molecular formula is C22H38O3. The van der Waals surface area contributed by atoms with Crippen LogP contribution in [0.5, 0.6) is 0 Å². The minimum Gasteiger partial charge on any atom is -0.365 e. The van der Waals surface area contributed by atoms with Crippen molar-refractivity contribution >= 4 is 11.6 Å². The van der Waals surface area contributed by atoms with E-state index in [-0.39, 0.29) is 41.2 Å². The summed E-state index contributed by atoms with van der Waals surface area (Å²) in [7, 11) is 0. The Morgan fingerprint density at radius 3 is 2.24 bits per heavy atom. The minimum atomic E-state index is -0.225. The standard InChI is InChI=1S/C22H38O3/c1-9-12-14(4)21-22(8,25-21)17(7)19(11-3)20(24)16(6)15(5)13-18(23)10-2/h9,12,14-17,19,21H,10-11,13H2,1-8H3. The van der Waals surface area contributed by atoms with Gasteiger partial charge in [0.2, 0.25) is 0 Å². The average molecular weight is 351 g/mol. The molecule has 0 aromatic heterocycles. The maximum atomic E-state index is 13.1. The van der Waals surface area contributed by atoms with Crippen molar-refractivity contribution in [2.75, 3.05) is 0 Å². The van der Waals surface area contributed by atoms with Crippen LogP contribution < -0.4 is 0 Å². The van der Waals surface area contributed by atoms with Crippen LogP contribution in [-0.4, -0.2) is 23.3 Å². The molecule has 0 aliphatic carbocycles. The first-order chi connectivity index (χ1) is 11.6. The molecule has 1 saturated heterocycles. The molecule has 1 fully saturated rings. The Morgan fingerprint density at radius 1 is 1.16 bits per heavy atom. The molecule has 7 unspecified atom stereocenters. The molecule has 1 rings (SSSR count). The van der Waals surface area contributed by atoms with Crippen LogP contribution in [0.2, 0.25) is 0 Å². The molecule has 1 aliphatic heterocycles. The predicted molar refractivity (Wildman–Crippen MR) is 103 cm³/mol. The van der Waals surface area contributed by atoms with Gasteiger partial charge < -0.3 is 4.74 Å². The molecule has 25 heavy (non-hydrogen) atoms. The zero-order valence-corrected chi connectivity index (χ0v) is 17.5. The molecule has 0 N–H and O–H groups in total. The van der Waals surface area contributed by atoms with E-state index < -0.39 is 0 Å². The van der Waals surface area contributed by atoms with E-state index in [1.54, 1.807) is 0 Å². The van der Waals surface area contributed by atoms with Crippen molar-refractivity contribution in [1.29, 1.82) is 0 Å². The Labute approximate surface area is 154 Å². The molecule has 0 spiro atoms. The summed E-state index contributed by atoms with van der Waals surface area (Å²) < 4.78 is 6.08. The van der Waals surface area contributed by atoms with E-state index in [2.05, 4.69) is 39.8 Å². The lowest BCUT2D eigenvalue weighted by Crippen LogP contribution is -2.37. The number of allylic oxidation sites excluding steroid dienone is 1. The highest BCUT2D eigenvalue weighted by Gasteiger charge is 2.59. The largest absolute Gasteiger partial charge is 0.365 e. The Hall–Kier alpha value is -0.960. The third kappa shape index (κ3) is 5.03. The van der Waals surface area contributed by atoms with Gasteiger partial charge in [-0.05, 0) is 32.1 Å². The third-order valence-corrected chi connectivity index (χ3v) is 6.42. The Kier molecular flexibility index (Phi) is 8.05. The van der Waals surface area contributed by atoms with E-state index in [0.29, 0.717) is 24.5 Å². The number of Topliss-reactive ketones (excluding diaryl/α,β-unsaturated/α-hetero) is 2. The van der Waals surface area contributed by atoms with Gasteiger partial charge in [0.25, 0.3) is 0 Å².